The first kappa shape index (κ1) is 19.0. The van der Waals surface area contributed by atoms with Crippen molar-refractivity contribution in [3.05, 3.63) is 0 Å². The summed E-state index contributed by atoms with van der Waals surface area (Å²) in [5.41, 5.74) is 5.06. The number of nitrogens with zero attached hydrogens (tertiary/aromatic N) is 1. The quantitative estimate of drug-likeness (QED) is 0.725. The number of hydrogen-bond donors (Lipinski definition) is 2. The minimum atomic E-state index is -4.29. The van der Waals surface area contributed by atoms with Crippen LogP contribution in [0, 0.1) is 5.92 Å². The first-order valence-corrected chi connectivity index (χ1v) is 6.13. The lowest BCUT2D eigenvalue weighted by molar-refractivity contribution is -0.145. The zero-order valence-corrected chi connectivity index (χ0v) is 11.7. The maximum atomic E-state index is 12.2. The maximum Gasteiger partial charge on any atom is 0.390 e. The van der Waals surface area contributed by atoms with Crippen LogP contribution < -0.4 is 11.1 Å². The molecule has 118 valence electrons. The minimum absolute atomic E-state index is 0. The summed E-state index contributed by atoms with van der Waals surface area (Å²) in [6.07, 6.45) is -3.45. The molecule has 0 radical (unpaired) electrons. The summed E-state index contributed by atoms with van der Waals surface area (Å²) in [5.74, 6) is -0.712. The summed E-state index contributed by atoms with van der Waals surface area (Å²) in [4.78, 5) is 23.8. The van der Waals surface area contributed by atoms with E-state index in [-0.39, 0.29) is 32.0 Å². The van der Waals surface area contributed by atoms with Crippen LogP contribution in [0.25, 0.3) is 0 Å². The van der Waals surface area contributed by atoms with Gasteiger partial charge in [0.25, 0.3) is 0 Å². The molecular weight excluding hydrogens is 299 g/mol. The molecular formula is C11H19ClF3N3O2. The molecule has 1 aliphatic carbocycles. The van der Waals surface area contributed by atoms with Crippen molar-refractivity contribution < 1.29 is 22.8 Å². The average molecular weight is 318 g/mol. The van der Waals surface area contributed by atoms with Gasteiger partial charge in [-0.05, 0) is 18.8 Å². The summed E-state index contributed by atoms with van der Waals surface area (Å²) < 4.78 is 36.5. The summed E-state index contributed by atoms with van der Waals surface area (Å²) in [7, 11) is 0. The van der Waals surface area contributed by atoms with Crippen LogP contribution in [-0.4, -0.2) is 49.1 Å². The van der Waals surface area contributed by atoms with Crippen molar-refractivity contribution in [1.82, 2.24) is 10.2 Å². The lowest BCUT2D eigenvalue weighted by Crippen LogP contribution is -2.43. The molecule has 0 aromatic heterocycles. The summed E-state index contributed by atoms with van der Waals surface area (Å²) in [6, 6.07) is 0. The second-order valence-corrected chi connectivity index (χ2v) is 4.63. The lowest BCUT2D eigenvalue weighted by atomic mass is 10.3. The third kappa shape index (κ3) is 8.21. The maximum absolute atomic E-state index is 12.2. The van der Waals surface area contributed by atoms with E-state index in [0.717, 1.165) is 12.8 Å². The van der Waals surface area contributed by atoms with Gasteiger partial charge in [0.2, 0.25) is 11.8 Å². The van der Waals surface area contributed by atoms with Gasteiger partial charge in [0.1, 0.15) is 0 Å². The smallest absolute Gasteiger partial charge is 0.346 e. The number of nitrogens with one attached hydrogen (secondary N) is 1. The fraction of sp³-hybridized carbons (Fsp3) is 0.818. The second-order valence-electron chi connectivity index (χ2n) is 4.63. The van der Waals surface area contributed by atoms with Crippen molar-refractivity contribution >= 4 is 24.2 Å². The van der Waals surface area contributed by atoms with Crippen molar-refractivity contribution in [1.29, 1.82) is 0 Å². The van der Waals surface area contributed by atoms with Gasteiger partial charge in [-0.2, -0.15) is 13.2 Å². The Kier molecular flexibility index (Phi) is 7.88. The topological polar surface area (TPSA) is 75.4 Å². The molecule has 0 heterocycles. The molecule has 3 N–H and O–H groups in total. The molecule has 0 aliphatic heterocycles. The molecule has 20 heavy (non-hydrogen) atoms. The van der Waals surface area contributed by atoms with E-state index >= 15 is 0 Å². The van der Waals surface area contributed by atoms with Gasteiger partial charge in [-0.3, -0.25) is 9.59 Å². The first-order chi connectivity index (χ1) is 8.81. The van der Waals surface area contributed by atoms with Crippen LogP contribution in [-0.2, 0) is 9.59 Å². The largest absolute Gasteiger partial charge is 0.390 e. The predicted octanol–water partition coefficient (Wildman–Crippen LogP) is 0.674. The standard InChI is InChI=1S/C11H18F3N3O2.ClH/c12-11(13,14)3-4-17(7-8-1-2-8)10(19)6-16-9(18)5-15;/h8H,1-7,15H2,(H,16,18);1H. The zero-order chi connectivity index (χ0) is 14.5. The Labute approximate surface area is 121 Å². The highest BCUT2D eigenvalue weighted by atomic mass is 35.5. The number of halogens is 4. The van der Waals surface area contributed by atoms with Crippen molar-refractivity contribution in [2.45, 2.75) is 25.4 Å². The van der Waals surface area contributed by atoms with Gasteiger partial charge in [-0.25, -0.2) is 0 Å². The Morgan fingerprint density at radius 1 is 1.30 bits per heavy atom. The van der Waals surface area contributed by atoms with Gasteiger partial charge in [-0.1, -0.05) is 0 Å². The summed E-state index contributed by atoms with van der Waals surface area (Å²) >= 11 is 0. The number of alkyl halides is 3. The van der Waals surface area contributed by atoms with Crippen LogP contribution in [0.15, 0.2) is 0 Å². The molecule has 0 aromatic rings. The molecule has 1 aliphatic rings. The number of rotatable bonds is 7. The third-order valence-electron chi connectivity index (χ3n) is 2.82. The van der Waals surface area contributed by atoms with E-state index < -0.39 is 24.4 Å². The van der Waals surface area contributed by atoms with E-state index in [0.29, 0.717) is 12.5 Å². The third-order valence-corrected chi connectivity index (χ3v) is 2.82. The molecule has 5 nitrogen and oxygen atoms in total. The van der Waals surface area contributed by atoms with Crippen LogP contribution >= 0.6 is 12.4 Å². The fourth-order valence-electron chi connectivity index (χ4n) is 1.55. The van der Waals surface area contributed by atoms with E-state index in [9.17, 15) is 22.8 Å². The SMILES string of the molecule is Cl.NCC(=O)NCC(=O)N(CCC(F)(F)F)CC1CC1. The highest BCUT2D eigenvalue weighted by Crippen LogP contribution is 2.30. The molecule has 0 spiro atoms. The lowest BCUT2D eigenvalue weighted by Gasteiger charge is -2.23. The van der Waals surface area contributed by atoms with E-state index in [2.05, 4.69) is 5.32 Å². The first-order valence-electron chi connectivity index (χ1n) is 6.13. The van der Waals surface area contributed by atoms with Gasteiger partial charge in [0.05, 0.1) is 19.5 Å². The van der Waals surface area contributed by atoms with Crippen molar-refractivity contribution in [3.63, 3.8) is 0 Å². The number of amides is 2. The Morgan fingerprint density at radius 3 is 2.35 bits per heavy atom. The fourth-order valence-corrected chi connectivity index (χ4v) is 1.55. The van der Waals surface area contributed by atoms with E-state index in [1.54, 1.807) is 0 Å². The second kappa shape index (κ2) is 8.31. The average Bonchev–Trinajstić information content (AvgIpc) is 3.13. The monoisotopic (exact) mass is 317 g/mol. The normalized spacial score (nSPS) is 14.4. The number of carbonyl (C=O) groups excluding carboxylic acids is 2. The minimum Gasteiger partial charge on any atom is -0.346 e. The number of hydrogen-bond acceptors (Lipinski definition) is 3. The molecule has 1 rings (SSSR count). The molecule has 0 bridgehead atoms. The van der Waals surface area contributed by atoms with Crippen LogP contribution in [0.3, 0.4) is 0 Å². The van der Waals surface area contributed by atoms with Crippen LogP contribution in [0.5, 0.6) is 0 Å². The summed E-state index contributed by atoms with van der Waals surface area (Å²) in [6.45, 7) is -0.593. The highest BCUT2D eigenvalue weighted by Gasteiger charge is 2.31. The van der Waals surface area contributed by atoms with Crippen LogP contribution in [0.4, 0.5) is 13.2 Å². The van der Waals surface area contributed by atoms with Gasteiger partial charge < -0.3 is 16.0 Å². The molecule has 2 amide bonds. The van der Waals surface area contributed by atoms with E-state index in [1.807, 2.05) is 0 Å². The molecule has 0 aromatic carbocycles. The van der Waals surface area contributed by atoms with Gasteiger partial charge in [0.15, 0.2) is 0 Å². The van der Waals surface area contributed by atoms with Gasteiger partial charge in [0, 0.05) is 13.1 Å². The van der Waals surface area contributed by atoms with Crippen molar-refractivity contribution in [3.8, 4) is 0 Å². The molecule has 0 atom stereocenters. The van der Waals surface area contributed by atoms with Crippen molar-refractivity contribution in [2.24, 2.45) is 11.7 Å². The number of carbonyl (C=O) groups is 2. The van der Waals surface area contributed by atoms with Gasteiger partial charge >= 0.3 is 6.18 Å². The Hall–Kier alpha value is -1.02. The zero-order valence-electron chi connectivity index (χ0n) is 10.9. The molecule has 1 saturated carbocycles. The number of nitrogens with two attached hydrogens (primary N) is 1. The van der Waals surface area contributed by atoms with Crippen LogP contribution in [0.2, 0.25) is 0 Å². The highest BCUT2D eigenvalue weighted by molar-refractivity contribution is 5.85. The molecule has 0 unspecified atom stereocenters. The van der Waals surface area contributed by atoms with E-state index in [1.165, 1.54) is 4.90 Å². The Morgan fingerprint density at radius 2 is 1.90 bits per heavy atom. The molecule has 9 heteroatoms. The Bertz CT molecular complexity index is 335. The molecule has 1 fully saturated rings. The molecule has 0 saturated heterocycles. The predicted molar refractivity (Wildman–Crippen MR) is 69.3 cm³/mol. The van der Waals surface area contributed by atoms with Gasteiger partial charge in [-0.15, -0.1) is 12.4 Å². The van der Waals surface area contributed by atoms with Crippen LogP contribution in [0.1, 0.15) is 19.3 Å². The summed E-state index contributed by atoms with van der Waals surface area (Å²) in [5, 5.41) is 2.27. The Balaban J connectivity index is 0.00000361. The van der Waals surface area contributed by atoms with Crippen molar-refractivity contribution in [2.75, 3.05) is 26.2 Å². The van der Waals surface area contributed by atoms with E-state index in [4.69, 9.17) is 5.73 Å².